The van der Waals surface area contributed by atoms with Crippen LogP contribution in [0.1, 0.15) is 58.9 Å². The van der Waals surface area contributed by atoms with Gasteiger partial charge in [-0.2, -0.15) is 0 Å². The molecule has 0 atom stereocenters. The summed E-state index contributed by atoms with van der Waals surface area (Å²) in [4.78, 5) is 16.2. The van der Waals surface area contributed by atoms with Crippen molar-refractivity contribution in [2.45, 2.75) is 60.3 Å². The molecular formula is C37H37FIrNO3-. The number of pyridine rings is 1. The van der Waals surface area contributed by atoms with E-state index in [1.165, 1.54) is 12.3 Å². The van der Waals surface area contributed by atoms with E-state index >= 15 is 0 Å². The molecule has 0 saturated heterocycles. The van der Waals surface area contributed by atoms with Gasteiger partial charge in [0.05, 0.1) is 17.7 Å². The van der Waals surface area contributed by atoms with Crippen molar-refractivity contribution >= 4 is 38.1 Å². The number of carbonyl (C=O) groups is 1. The third-order valence-electron chi connectivity index (χ3n) is 8.48. The van der Waals surface area contributed by atoms with Gasteiger partial charge in [-0.05, 0) is 49.4 Å². The number of benzene rings is 4. The largest absolute Gasteiger partial charge is 0.512 e. The van der Waals surface area contributed by atoms with Crippen LogP contribution in [0.5, 0.6) is 11.5 Å². The third-order valence-corrected chi connectivity index (χ3v) is 8.48. The summed E-state index contributed by atoms with van der Waals surface area (Å²) in [7, 11) is 0. The van der Waals surface area contributed by atoms with Crippen LogP contribution in [0, 0.1) is 30.6 Å². The molecule has 4 nitrogen and oxygen atoms in total. The van der Waals surface area contributed by atoms with Crippen molar-refractivity contribution in [2.75, 3.05) is 0 Å². The van der Waals surface area contributed by atoms with Crippen LogP contribution in [-0.2, 0) is 24.9 Å². The summed E-state index contributed by atoms with van der Waals surface area (Å²) in [5.41, 5.74) is 2.55. The normalized spacial score (nSPS) is 12.1. The van der Waals surface area contributed by atoms with Crippen LogP contribution in [0.25, 0.3) is 43.6 Å². The van der Waals surface area contributed by atoms with E-state index in [4.69, 9.17) is 4.74 Å². The molecule has 43 heavy (non-hydrogen) atoms. The molecule has 0 spiro atoms. The Hall–Kier alpha value is -3.60. The van der Waals surface area contributed by atoms with Gasteiger partial charge in [0.25, 0.3) is 0 Å². The summed E-state index contributed by atoms with van der Waals surface area (Å²) in [6.07, 6.45) is 6.21. The molecule has 0 fully saturated rings. The van der Waals surface area contributed by atoms with Gasteiger partial charge in [-0.15, -0.1) is 17.5 Å². The quantitative estimate of drug-likeness (QED) is 0.0763. The van der Waals surface area contributed by atoms with Crippen molar-refractivity contribution in [3.8, 4) is 22.8 Å². The second-order valence-corrected chi connectivity index (χ2v) is 10.9. The Morgan fingerprint density at radius 3 is 2.26 bits per heavy atom. The first-order chi connectivity index (χ1) is 20.3. The van der Waals surface area contributed by atoms with Crippen molar-refractivity contribution in [3.63, 3.8) is 0 Å². The fourth-order valence-electron chi connectivity index (χ4n) is 5.93. The molecule has 1 N–H and O–H groups in total. The van der Waals surface area contributed by atoms with E-state index in [2.05, 4.69) is 17.1 Å². The molecule has 0 bridgehead atoms. The third kappa shape index (κ3) is 6.09. The molecule has 4 aromatic carbocycles. The Balaban J connectivity index is 0.000000230. The number of nitrogens with zero attached hydrogens (tertiary/aromatic N) is 1. The molecule has 6 rings (SSSR count). The summed E-state index contributed by atoms with van der Waals surface area (Å²) >= 11 is 0. The van der Waals surface area contributed by atoms with Gasteiger partial charge in [0.15, 0.2) is 5.78 Å². The number of halogens is 1. The average molecular weight is 755 g/mol. The Bertz CT molecular complexity index is 1820. The van der Waals surface area contributed by atoms with E-state index in [1.807, 2.05) is 83.1 Å². The number of ketones is 1. The molecule has 0 saturated carbocycles. The predicted octanol–water partition coefficient (Wildman–Crippen LogP) is 10.4. The summed E-state index contributed by atoms with van der Waals surface area (Å²) in [6.45, 7) is 10.1. The first-order valence-corrected chi connectivity index (χ1v) is 14.9. The number of allylic oxidation sites excluding steroid dienone is 2. The Kier molecular flexibility index (Phi) is 10.4. The molecule has 1 aliphatic heterocycles. The Labute approximate surface area is 266 Å². The van der Waals surface area contributed by atoms with Crippen LogP contribution in [0.15, 0.2) is 72.6 Å². The molecule has 0 amide bonds. The summed E-state index contributed by atoms with van der Waals surface area (Å²) < 4.78 is 21.1. The van der Waals surface area contributed by atoms with Crippen LogP contribution >= 0.6 is 0 Å². The number of hydrogen-bond donors (Lipinski definition) is 1. The number of carbonyl (C=O) groups excluding carboxylic acids is 1. The van der Waals surface area contributed by atoms with E-state index in [-0.39, 0.29) is 49.3 Å². The molecule has 1 aromatic heterocycles. The molecule has 2 heterocycles. The molecule has 225 valence electrons. The smallest absolute Gasteiger partial charge is 0.162 e. The van der Waals surface area contributed by atoms with Crippen molar-refractivity contribution in [1.82, 2.24) is 4.98 Å². The SMILES string of the molecule is CCC(CC)C(=O)/C=C(\O)C(CC)CC.Cc1c2c([c-]c3ccccc13)-c1ncc(F)c3c1c(cc1ccccc13)O2.[Ir]. The van der Waals surface area contributed by atoms with Crippen molar-refractivity contribution < 1.29 is 39.1 Å². The number of rotatable bonds is 7. The van der Waals surface area contributed by atoms with E-state index in [9.17, 15) is 14.3 Å². The molecule has 5 aromatic rings. The van der Waals surface area contributed by atoms with Gasteiger partial charge < -0.3 is 9.84 Å². The zero-order chi connectivity index (χ0) is 30.0. The molecule has 6 heteroatoms. The topological polar surface area (TPSA) is 59.4 Å². The summed E-state index contributed by atoms with van der Waals surface area (Å²) in [5.74, 6) is 1.60. The van der Waals surface area contributed by atoms with Gasteiger partial charge in [-0.3, -0.25) is 9.78 Å². The van der Waals surface area contributed by atoms with Crippen LogP contribution in [0.4, 0.5) is 4.39 Å². The van der Waals surface area contributed by atoms with Crippen molar-refractivity contribution in [2.24, 2.45) is 11.8 Å². The number of aryl methyl sites for hydroxylation is 1. The standard InChI is InChI=1S/C24H13FNO.C13H24O2.Ir/c1-13-16-8-4-2-6-14(16)10-18-23-22-20(27-24(13)18)11-15-7-3-5-9-17(15)21(22)19(25)12-26-23;1-5-10(6-2)12(14)9-13(15)11(7-3)8-4;/h2-9,11-12H,1H3;9-11,14H,5-8H2,1-4H3;/q-1;;/b;12-9-;. The predicted molar refractivity (Wildman–Crippen MR) is 170 cm³/mol. The van der Waals surface area contributed by atoms with E-state index in [0.29, 0.717) is 16.5 Å². The van der Waals surface area contributed by atoms with Gasteiger partial charge in [0, 0.05) is 54.5 Å². The second-order valence-electron chi connectivity index (χ2n) is 10.9. The number of ether oxygens (including phenoxy) is 1. The van der Waals surface area contributed by atoms with E-state index in [0.717, 1.165) is 69.8 Å². The van der Waals surface area contributed by atoms with Crippen molar-refractivity contribution in [3.05, 3.63) is 90.1 Å². The van der Waals surface area contributed by atoms with Gasteiger partial charge in [-0.1, -0.05) is 86.7 Å². The minimum atomic E-state index is -0.337. The zero-order valence-corrected chi connectivity index (χ0v) is 27.7. The summed E-state index contributed by atoms with van der Waals surface area (Å²) in [6, 6.07) is 21.3. The molecular weight excluding hydrogens is 718 g/mol. The molecule has 0 unspecified atom stereocenters. The van der Waals surface area contributed by atoms with Gasteiger partial charge in [-0.25, -0.2) is 4.39 Å². The molecule has 0 aliphatic carbocycles. The summed E-state index contributed by atoms with van der Waals surface area (Å²) in [5, 5.41) is 14.9. The van der Waals surface area contributed by atoms with Crippen molar-refractivity contribution in [1.29, 1.82) is 0 Å². The minimum Gasteiger partial charge on any atom is -0.512 e. The minimum absolute atomic E-state index is 0. The maximum Gasteiger partial charge on any atom is 0.162 e. The first kappa shape index (κ1) is 32.3. The van der Waals surface area contributed by atoms with Gasteiger partial charge in [0.2, 0.25) is 0 Å². The second kappa shape index (κ2) is 13.8. The van der Waals surface area contributed by atoms with Gasteiger partial charge >= 0.3 is 0 Å². The number of aromatic nitrogens is 1. The fraction of sp³-hybridized carbons (Fsp3) is 0.297. The van der Waals surface area contributed by atoms with E-state index < -0.39 is 0 Å². The first-order valence-electron chi connectivity index (χ1n) is 14.9. The number of fused-ring (bicyclic) bond motifs is 5. The number of aliphatic hydroxyl groups is 1. The Morgan fingerprint density at radius 2 is 1.58 bits per heavy atom. The maximum atomic E-state index is 14.8. The van der Waals surface area contributed by atoms with Gasteiger partial charge in [0.1, 0.15) is 11.6 Å². The van der Waals surface area contributed by atoms with Crippen LogP contribution in [0.3, 0.4) is 0 Å². The molecule has 1 radical (unpaired) electrons. The Morgan fingerprint density at radius 1 is 0.953 bits per heavy atom. The number of aliphatic hydroxyl groups excluding tert-OH is 1. The van der Waals surface area contributed by atoms with Crippen LogP contribution < -0.4 is 4.74 Å². The fourth-order valence-corrected chi connectivity index (χ4v) is 5.93. The van der Waals surface area contributed by atoms with Crippen LogP contribution in [-0.4, -0.2) is 15.9 Å². The number of hydrogen-bond acceptors (Lipinski definition) is 4. The van der Waals surface area contributed by atoms with E-state index in [1.54, 1.807) is 0 Å². The average Bonchev–Trinajstić information content (AvgIpc) is 3.00. The molecule has 1 aliphatic rings. The monoisotopic (exact) mass is 755 g/mol. The maximum absolute atomic E-state index is 14.8. The zero-order valence-electron chi connectivity index (χ0n) is 25.3. The van der Waals surface area contributed by atoms with Crippen LogP contribution in [0.2, 0.25) is 0 Å².